The SMILES string of the molecule is COC(=O)c1cccc(S(=O)(=O)N[C@H](C)Cc2ccco2)c1. The van der Waals surface area contributed by atoms with Gasteiger partial charge in [0.1, 0.15) is 5.76 Å². The van der Waals surface area contributed by atoms with Crippen molar-refractivity contribution in [2.45, 2.75) is 24.3 Å². The Morgan fingerprint density at radius 3 is 2.73 bits per heavy atom. The van der Waals surface area contributed by atoms with E-state index >= 15 is 0 Å². The fourth-order valence-electron chi connectivity index (χ4n) is 2.01. The van der Waals surface area contributed by atoms with Crippen molar-refractivity contribution in [2.75, 3.05) is 7.11 Å². The van der Waals surface area contributed by atoms with Gasteiger partial charge in [-0.2, -0.15) is 0 Å². The Kier molecular flexibility index (Phi) is 4.99. The number of esters is 1. The van der Waals surface area contributed by atoms with E-state index in [0.717, 1.165) is 0 Å². The molecule has 0 fully saturated rings. The topological polar surface area (TPSA) is 85.6 Å². The van der Waals surface area contributed by atoms with Crippen molar-refractivity contribution >= 4 is 16.0 Å². The van der Waals surface area contributed by atoms with Crippen LogP contribution in [-0.2, 0) is 21.2 Å². The van der Waals surface area contributed by atoms with Gasteiger partial charge in [0, 0.05) is 12.5 Å². The lowest BCUT2D eigenvalue weighted by molar-refractivity contribution is 0.0600. The largest absolute Gasteiger partial charge is 0.469 e. The van der Waals surface area contributed by atoms with Crippen LogP contribution in [0.2, 0.25) is 0 Å². The fourth-order valence-corrected chi connectivity index (χ4v) is 3.30. The van der Waals surface area contributed by atoms with E-state index in [9.17, 15) is 13.2 Å². The van der Waals surface area contributed by atoms with Crippen LogP contribution in [0.5, 0.6) is 0 Å². The van der Waals surface area contributed by atoms with E-state index in [0.29, 0.717) is 12.2 Å². The van der Waals surface area contributed by atoms with Crippen LogP contribution in [0, 0.1) is 0 Å². The Bertz CT molecular complexity index is 737. The van der Waals surface area contributed by atoms with E-state index < -0.39 is 16.0 Å². The van der Waals surface area contributed by atoms with Gasteiger partial charge in [-0.3, -0.25) is 0 Å². The minimum Gasteiger partial charge on any atom is -0.469 e. The van der Waals surface area contributed by atoms with Gasteiger partial charge in [0.2, 0.25) is 10.0 Å². The molecule has 0 saturated heterocycles. The third kappa shape index (κ3) is 3.96. The Balaban J connectivity index is 2.14. The molecule has 0 aliphatic rings. The molecule has 0 amide bonds. The van der Waals surface area contributed by atoms with Gasteiger partial charge in [0.15, 0.2) is 0 Å². The molecule has 6 nitrogen and oxygen atoms in total. The van der Waals surface area contributed by atoms with Crippen LogP contribution < -0.4 is 4.72 Å². The summed E-state index contributed by atoms with van der Waals surface area (Å²) in [6.07, 6.45) is 1.97. The van der Waals surface area contributed by atoms with E-state index in [4.69, 9.17) is 4.42 Å². The number of rotatable bonds is 6. The van der Waals surface area contributed by atoms with Crippen LogP contribution in [0.25, 0.3) is 0 Å². The van der Waals surface area contributed by atoms with Crippen molar-refractivity contribution in [3.05, 3.63) is 54.0 Å². The van der Waals surface area contributed by atoms with Crippen LogP contribution in [-0.4, -0.2) is 27.5 Å². The van der Waals surface area contributed by atoms with Crippen LogP contribution in [0.1, 0.15) is 23.0 Å². The quantitative estimate of drug-likeness (QED) is 0.822. The number of methoxy groups -OCH3 is 1. The van der Waals surface area contributed by atoms with Crippen molar-refractivity contribution in [1.29, 1.82) is 0 Å². The Hall–Kier alpha value is -2.12. The molecule has 1 aromatic heterocycles. The van der Waals surface area contributed by atoms with E-state index in [2.05, 4.69) is 9.46 Å². The van der Waals surface area contributed by atoms with Gasteiger partial charge in [-0.1, -0.05) is 6.07 Å². The molecule has 22 heavy (non-hydrogen) atoms. The molecule has 1 aromatic carbocycles. The Morgan fingerprint density at radius 2 is 2.09 bits per heavy atom. The summed E-state index contributed by atoms with van der Waals surface area (Å²) in [6.45, 7) is 1.74. The highest BCUT2D eigenvalue weighted by molar-refractivity contribution is 7.89. The van der Waals surface area contributed by atoms with Gasteiger partial charge < -0.3 is 9.15 Å². The van der Waals surface area contributed by atoms with Crippen molar-refractivity contribution in [1.82, 2.24) is 4.72 Å². The lowest BCUT2D eigenvalue weighted by Crippen LogP contribution is -2.34. The molecule has 0 spiro atoms. The lowest BCUT2D eigenvalue weighted by atomic mass is 10.2. The number of benzene rings is 1. The summed E-state index contributed by atoms with van der Waals surface area (Å²) in [7, 11) is -2.48. The molecule has 1 atom stereocenters. The van der Waals surface area contributed by atoms with Gasteiger partial charge in [0.05, 0.1) is 23.8 Å². The fraction of sp³-hybridized carbons (Fsp3) is 0.267. The highest BCUT2D eigenvalue weighted by atomic mass is 32.2. The lowest BCUT2D eigenvalue weighted by Gasteiger charge is -2.13. The molecule has 0 aliphatic carbocycles. The predicted octanol–water partition coefficient (Wildman–Crippen LogP) is 1.98. The molecular formula is C15H17NO5S. The Morgan fingerprint density at radius 1 is 1.32 bits per heavy atom. The minimum absolute atomic E-state index is 0.0155. The van der Waals surface area contributed by atoms with Crippen LogP contribution in [0.15, 0.2) is 52.0 Å². The van der Waals surface area contributed by atoms with Crippen molar-refractivity contribution < 1.29 is 22.4 Å². The Labute approximate surface area is 129 Å². The van der Waals surface area contributed by atoms with Crippen molar-refractivity contribution in [2.24, 2.45) is 0 Å². The summed E-state index contributed by atoms with van der Waals surface area (Å²) in [6, 6.07) is 8.88. The summed E-state index contributed by atoms with van der Waals surface area (Å²) in [5.74, 6) is 0.110. The monoisotopic (exact) mass is 323 g/mol. The predicted molar refractivity (Wildman–Crippen MR) is 80.0 cm³/mol. The average molecular weight is 323 g/mol. The molecule has 0 aliphatic heterocycles. The first-order valence-electron chi connectivity index (χ1n) is 6.65. The number of ether oxygens (including phenoxy) is 1. The van der Waals surface area contributed by atoms with Gasteiger partial charge in [0.25, 0.3) is 0 Å². The third-order valence-corrected chi connectivity index (χ3v) is 4.60. The molecule has 0 bridgehead atoms. The van der Waals surface area contributed by atoms with Gasteiger partial charge in [-0.15, -0.1) is 0 Å². The summed E-state index contributed by atoms with van der Waals surface area (Å²) in [5, 5.41) is 0. The molecule has 118 valence electrons. The molecule has 1 N–H and O–H groups in total. The van der Waals surface area contributed by atoms with E-state index in [-0.39, 0.29) is 16.5 Å². The number of hydrogen-bond acceptors (Lipinski definition) is 5. The zero-order valence-electron chi connectivity index (χ0n) is 12.3. The molecule has 2 rings (SSSR count). The summed E-state index contributed by atoms with van der Waals surface area (Å²) < 4.78 is 37.0. The maximum absolute atomic E-state index is 12.3. The van der Waals surface area contributed by atoms with Gasteiger partial charge in [-0.25, -0.2) is 17.9 Å². The molecule has 7 heteroatoms. The van der Waals surface area contributed by atoms with E-state index in [1.54, 1.807) is 19.1 Å². The number of nitrogens with one attached hydrogen (secondary N) is 1. The molecule has 1 heterocycles. The van der Waals surface area contributed by atoms with Crippen molar-refractivity contribution in [3.8, 4) is 0 Å². The first kappa shape index (κ1) is 16.3. The number of carbonyl (C=O) groups is 1. The van der Waals surface area contributed by atoms with Crippen LogP contribution in [0.3, 0.4) is 0 Å². The van der Waals surface area contributed by atoms with E-state index in [1.165, 1.54) is 37.6 Å². The second kappa shape index (κ2) is 6.76. The molecule has 0 unspecified atom stereocenters. The van der Waals surface area contributed by atoms with Gasteiger partial charge in [-0.05, 0) is 37.3 Å². The zero-order valence-corrected chi connectivity index (χ0v) is 13.1. The number of carbonyl (C=O) groups excluding carboxylic acids is 1. The second-order valence-electron chi connectivity index (χ2n) is 4.83. The standard InChI is InChI=1S/C15H17NO5S/c1-11(9-13-6-4-8-21-13)16-22(18,19)14-7-3-5-12(10-14)15(17)20-2/h3-8,10-11,16H,9H2,1-2H3/t11-/m1/s1. The average Bonchev–Trinajstić information content (AvgIpc) is 2.98. The maximum Gasteiger partial charge on any atom is 0.337 e. The second-order valence-corrected chi connectivity index (χ2v) is 6.54. The third-order valence-electron chi connectivity index (χ3n) is 3.01. The maximum atomic E-state index is 12.3. The van der Waals surface area contributed by atoms with E-state index in [1.807, 2.05) is 0 Å². The molecule has 0 saturated carbocycles. The van der Waals surface area contributed by atoms with Crippen LogP contribution >= 0.6 is 0 Å². The highest BCUT2D eigenvalue weighted by Gasteiger charge is 2.19. The minimum atomic E-state index is -3.73. The number of sulfonamides is 1. The first-order chi connectivity index (χ1) is 10.4. The van der Waals surface area contributed by atoms with Crippen molar-refractivity contribution in [3.63, 3.8) is 0 Å². The molecule has 2 aromatic rings. The number of furan rings is 1. The summed E-state index contributed by atoms with van der Waals surface area (Å²) in [5.41, 5.74) is 0.184. The summed E-state index contributed by atoms with van der Waals surface area (Å²) in [4.78, 5) is 11.5. The smallest absolute Gasteiger partial charge is 0.337 e. The summed E-state index contributed by atoms with van der Waals surface area (Å²) >= 11 is 0. The normalized spacial score (nSPS) is 12.8. The molecular weight excluding hydrogens is 306 g/mol. The molecule has 0 radical (unpaired) electrons. The number of hydrogen-bond donors (Lipinski definition) is 1. The highest BCUT2D eigenvalue weighted by Crippen LogP contribution is 2.14. The zero-order chi connectivity index (χ0) is 16.2. The van der Waals surface area contributed by atoms with Crippen LogP contribution in [0.4, 0.5) is 0 Å². The van der Waals surface area contributed by atoms with Gasteiger partial charge >= 0.3 is 5.97 Å². The first-order valence-corrected chi connectivity index (χ1v) is 8.14.